The van der Waals surface area contributed by atoms with Gasteiger partial charge in [-0.1, -0.05) is 76.6 Å². The van der Waals surface area contributed by atoms with Gasteiger partial charge < -0.3 is 40.5 Å². The molecular weight excluding hydrogens is 552 g/mol. The first-order valence-electron chi connectivity index (χ1n) is 15.7. The molecule has 43 heavy (non-hydrogen) atoms. The van der Waals surface area contributed by atoms with Gasteiger partial charge in [-0.05, 0) is 73.2 Å². The molecule has 9 nitrogen and oxygen atoms in total. The Hall–Kier alpha value is -1.85. The molecule has 0 radical (unpaired) electrons. The minimum Gasteiger partial charge on any atom is -0.479 e. The van der Waals surface area contributed by atoms with Crippen molar-refractivity contribution >= 4 is 5.97 Å². The zero-order valence-corrected chi connectivity index (χ0v) is 26.2. The lowest BCUT2D eigenvalue weighted by Gasteiger charge is -2.53. The second-order valence-corrected chi connectivity index (χ2v) is 14.5. The summed E-state index contributed by atoms with van der Waals surface area (Å²) in [4.78, 5) is 11.7. The molecular formula is C34H52O9. The standard InChI is InChI=1S/C34H52O9/c1-19-15-17-33(40,41)18-23(19)12-11-22-8-7-16-32(6)24(13-14-25(22)32)20(2)9-10-21(3)31(4,5)34(42)29(37)27(36)26(35)28(43-34)30(38)39/h9-12,20-21,24-29,35-37,40-42H,1,7-8,13-18H2,2-6H3,(H,38,39)/t20-,21+,24-,25?,26+,27+,28+,29-,32-,34-/m1/s1. The van der Waals surface area contributed by atoms with Crippen LogP contribution >= 0.6 is 0 Å². The predicted octanol–water partition coefficient (Wildman–Crippen LogP) is 3.59. The molecule has 3 saturated carbocycles. The minimum absolute atomic E-state index is 0.0994. The average Bonchev–Trinajstić information content (AvgIpc) is 3.30. The van der Waals surface area contributed by atoms with E-state index in [1.54, 1.807) is 13.8 Å². The van der Waals surface area contributed by atoms with E-state index >= 15 is 0 Å². The fourth-order valence-electron chi connectivity index (χ4n) is 8.26. The van der Waals surface area contributed by atoms with E-state index in [2.05, 4.69) is 32.6 Å². The van der Waals surface area contributed by atoms with Crippen LogP contribution in [0.2, 0.25) is 0 Å². The highest BCUT2D eigenvalue weighted by atomic mass is 16.7. The van der Waals surface area contributed by atoms with E-state index in [-0.39, 0.29) is 17.8 Å². The second-order valence-electron chi connectivity index (χ2n) is 14.5. The molecule has 4 aliphatic rings. The molecule has 10 atom stereocenters. The second kappa shape index (κ2) is 12.2. The number of carbonyl (C=O) groups is 1. The molecule has 1 heterocycles. The van der Waals surface area contributed by atoms with Crippen molar-refractivity contribution in [3.63, 3.8) is 0 Å². The fourth-order valence-corrected chi connectivity index (χ4v) is 8.26. The molecule has 1 unspecified atom stereocenters. The predicted molar refractivity (Wildman–Crippen MR) is 161 cm³/mol. The van der Waals surface area contributed by atoms with Crippen LogP contribution in [0.4, 0.5) is 0 Å². The van der Waals surface area contributed by atoms with E-state index in [0.717, 1.165) is 43.3 Å². The third-order valence-electron chi connectivity index (χ3n) is 11.6. The van der Waals surface area contributed by atoms with Crippen molar-refractivity contribution < 1.29 is 45.3 Å². The number of aliphatic hydroxyl groups excluding tert-OH is 3. The average molecular weight is 605 g/mol. The molecule has 0 aromatic rings. The summed E-state index contributed by atoms with van der Waals surface area (Å²) in [6, 6.07) is 0. The van der Waals surface area contributed by atoms with Crippen LogP contribution in [0.1, 0.15) is 86.0 Å². The van der Waals surface area contributed by atoms with Crippen molar-refractivity contribution in [3.05, 3.63) is 47.6 Å². The third kappa shape index (κ3) is 6.19. The highest BCUT2D eigenvalue weighted by Crippen LogP contribution is 2.59. The van der Waals surface area contributed by atoms with Gasteiger partial charge in [-0.2, -0.15) is 0 Å². The van der Waals surface area contributed by atoms with Crippen molar-refractivity contribution in [1.82, 2.24) is 0 Å². The van der Waals surface area contributed by atoms with E-state index < -0.39 is 53.3 Å². The summed E-state index contributed by atoms with van der Waals surface area (Å²) in [5.41, 5.74) is 2.16. The van der Waals surface area contributed by atoms with Crippen LogP contribution in [-0.4, -0.2) is 77.7 Å². The van der Waals surface area contributed by atoms with Crippen LogP contribution in [0.15, 0.2) is 47.6 Å². The molecule has 0 aromatic carbocycles. The van der Waals surface area contributed by atoms with Crippen LogP contribution < -0.4 is 0 Å². The number of allylic oxidation sites excluding steroid dienone is 6. The van der Waals surface area contributed by atoms with Crippen molar-refractivity contribution in [2.24, 2.45) is 34.5 Å². The molecule has 4 rings (SSSR count). The van der Waals surface area contributed by atoms with E-state index in [1.807, 2.05) is 19.1 Å². The number of rotatable bonds is 7. The molecule has 0 bridgehead atoms. The van der Waals surface area contributed by atoms with Gasteiger partial charge in [0.05, 0.1) is 0 Å². The molecule has 0 spiro atoms. The normalized spacial score (nSPS) is 41.9. The Balaban J connectivity index is 1.50. The molecule has 242 valence electrons. The number of aliphatic carboxylic acids is 1. The maximum absolute atomic E-state index is 11.7. The molecule has 1 saturated heterocycles. The molecule has 0 amide bonds. The molecule has 7 N–H and O–H groups in total. The van der Waals surface area contributed by atoms with Gasteiger partial charge in [0.1, 0.15) is 18.3 Å². The summed E-state index contributed by atoms with van der Waals surface area (Å²) in [5, 5.41) is 72.4. The SMILES string of the molecule is C=C1CCC(O)(O)CC1=CC=C1CCC[C@@]2(C)C1CC[C@@H]2[C@H](C)C=C[C@H](C)C(C)(C)[C@]1(O)O[C@H](C(=O)O)[C@@H](O)[C@H](O)[C@H]1O. The third-order valence-corrected chi connectivity index (χ3v) is 11.6. The molecule has 0 aromatic heterocycles. The lowest BCUT2D eigenvalue weighted by atomic mass is 9.61. The molecule has 1 aliphatic heterocycles. The fraction of sp³-hybridized carbons (Fsp3) is 0.735. The smallest absolute Gasteiger partial charge is 0.335 e. The zero-order chi connectivity index (χ0) is 32.1. The Morgan fingerprint density at radius 2 is 1.70 bits per heavy atom. The summed E-state index contributed by atoms with van der Waals surface area (Å²) in [6.45, 7) is 13.9. The van der Waals surface area contributed by atoms with E-state index in [9.17, 15) is 40.5 Å². The van der Waals surface area contributed by atoms with E-state index in [1.165, 1.54) is 5.57 Å². The first kappa shape index (κ1) is 34.0. The number of carboxylic acids is 1. The summed E-state index contributed by atoms with van der Waals surface area (Å²) >= 11 is 0. The summed E-state index contributed by atoms with van der Waals surface area (Å²) in [6.07, 6.45) is 7.26. The van der Waals surface area contributed by atoms with Gasteiger partial charge >= 0.3 is 5.97 Å². The number of aliphatic hydroxyl groups is 6. The maximum atomic E-state index is 11.7. The van der Waals surface area contributed by atoms with E-state index in [0.29, 0.717) is 24.7 Å². The van der Waals surface area contributed by atoms with Crippen LogP contribution in [0.3, 0.4) is 0 Å². The van der Waals surface area contributed by atoms with Gasteiger partial charge in [-0.25, -0.2) is 4.79 Å². The summed E-state index contributed by atoms with van der Waals surface area (Å²) in [7, 11) is 0. The largest absolute Gasteiger partial charge is 0.479 e. The molecule has 3 aliphatic carbocycles. The minimum atomic E-state index is -2.42. The monoisotopic (exact) mass is 604 g/mol. The van der Waals surface area contributed by atoms with Crippen molar-refractivity contribution in [2.75, 3.05) is 0 Å². The molecule has 4 fully saturated rings. The van der Waals surface area contributed by atoms with Gasteiger partial charge in [0.2, 0.25) is 5.79 Å². The Morgan fingerprint density at radius 3 is 2.35 bits per heavy atom. The Morgan fingerprint density at radius 1 is 1.02 bits per heavy atom. The summed E-state index contributed by atoms with van der Waals surface area (Å²) in [5.74, 6) is -4.96. The van der Waals surface area contributed by atoms with Gasteiger partial charge in [0.15, 0.2) is 11.9 Å². The van der Waals surface area contributed by atoms with Gasteiger partial charge in [0.25, 0.3) is 0 Å². The number of hydrogen-bond donors (Lipinski definition) is 7. The molecule has 9 heteroatoms. The quantitative estimate of drug-likeness (QED) is 0.170. The van der Waals surface area contributed by atoms with Crippen LogP contribution in [0, 0.1) is 34.5 Å². The van der Waals surface area contributed by atoms with Crippen LogP contribution in [0.25, 0.3) is 0 Å². The Labute approximate surface area is 255 Å². The zero-order valence-electron chi connectivity index (χ0n) is 26.2. The first-order chi connectivity index (χ1) is 19.9. The number of carboxylic acid groups (broad SMARTS) is 1. The Kier molecular flexibility index (Phi) is 9.62. The summed E-state index contributed by atoms with van der Waals surface area (Å²) < 4.78 is 5.42. The van der Waals surface area contributed by atoms with Gasteiger partial charge in [-0.15, -0.1) is 0 Å². The van der Waals surface area contributed by atoms with Crippen molar-refractivity contribution in [1.29, 1.82) is 0 Å². The van der Waals surface area contributed by atoms with Crippen LogP contribution in [0.5, 0.6) is 0 Å². The number of fused-ring (bicyclic) bond motifs is 1. The first-order valence-corrected chi connectivity index (χ1v) is 15.7. The highest BCUT2D eigenvalue weighted by Gasteiger charge is 2.62. The van der Waals surface area contributed by atoms with E-state index in [4.69, 9.17) is 4.74 Å². The lowest BCUT2D eigenvalue weighted by molar-refractivity contribution is -0.381. The van der Waals surface area contributed by atoms with Crippen molar-refractivity contribution in [3.8, 4) is 0 Å². The lowest BCUT2D eigenvalue weighted by Crippen LogP contribution is -2.71. The highest BCUT2D eigenvalue weighted by molar-refractivity contribution is 5.73. The Bertz CT molecular complexity index is 1170. The van der Waals surface area contributed by atoms with Gasteiger partial charge in [-0.3, -0.25) is 0 Å². The topological polar surface area (TPSA) is 168 Å². The van der Waals surface area contributed by atoms with Crippen LogP contribution in [-0.2, 0) is 9.53 Å². The van der Waals surface area contributed by atoms with Crippen molar-refractivity contribution in [2.45, 2.75) is 122 Å². The maximum Gasteiger partial charge on any atom is 0.335 e. The number of ether oxygens (including phenoxy) is 1. The number of hydrogen-bond acceptors (Lipinski definition) is 8. The van der Waals surface area contributed by atoms with Gasteiger partial charge in [0, 0.05) is 18.3 Å².